The molecule has 0 saturated heterocycles. The van der Waals surface area contributed by atoms with Crippen molar-refractivity contribution in [1.29, 1.82) is 0 Å². The molecule has 3 heterocycles. The Morgan fingerprint density at radius 2 is 2.23 bits per heavy atom. The monoisotopic (exact) mass is 354 g/mol. The zero-order chi connectivity index (χ0) is 17.9. The number of hydrogen-bond acceptors (Lipinski definition) is 6. The molecule has 1 aliphatic rings. The van der Waals surface area contributed by atoms with Crippen molar-refractivity contribution < 1.29 is 14.4 Å². The third-order valence-electron chi connectivity index (χ3n) is 4.60. The number of H-pyrrole nitrogens is 1. The molecule has 3 aromatic rings. The first-order valence-corrected chi connectivity index (χ1v) is 8.78. The predicted octanol–water partition coefficient (Wildman–Crippen LogP) is 2.30. The second-order valence-electron chi connectivity index (χ2n) is 6.49. The maximum Gasteiger partial charge on any atom is 0.134 e. The number of aliphatic hydroxyl groups is 1. The summed E-state index contributed by atoms with van der Waals surface area (Å²) in [5.41, 5.74) is 5.10. The quantitative estimate of drug-likeness (QED) is 0.706. The van der Waals surface area contributed by atoms with Crippen LogP contribution in [0.15, 0.2) is 34.9 Å². The van der Waals surface area contributed by atoms with Gasteiger partial charge in [-0.25, -0.2) is 0 Å². The number of fused-ring (bicyclic) bond motifs is 1. The van der Waals surface area contributed by atoms with Gasteiger partial charge in [0.05, 0.1) is 6.61 Å². The van der Waals surface area contributed by atoms with Gasteiger partial charge in [0.15, 0.2) is 0 Å². The molecule has 2 N–H and O–H groups in total. The van der Waals surface area contributed by atoms with Crippen molar-refractivity contribution in [3.8, 4) is 17.1 Å². The second-order valence-corrected chi connectivity index (χ2v) is 6.49. The molecule has 0 radical (unpaired) electrons. The summed E-state index contributed by atoms with van der Waals surface area (Å²) in [7, 11) is 0. The van der Waals surface area contributed by atoms with E-state index in [1.165, 1.54) is 11.3 Å². The summed E-state index contributed by atoms with van der Waals surface area (Å²) in [4.78, 5) is 2.37. The van der Waals surface area contributed by atoms with E-state index in [-0.39, 0.29) is 6.61 Å². The molecule has 1 aliphatic heterocycles. The van der Waals surface area contributed by atoms with Gasteiger partial charge in [-0.3, -0.25) is 10.00 Å². The molecule has 0 atom stereocenters. The van der Waals surface area contributed by atoms with Gasteiger partial charge >= 0.3 is 0 Å². The molecule has 26 heavy (non-hydrogen) atoms. The highest BCUT2D eigenvalue weighted by molar-refractivity contribution is 5.60. The van der Waals surface area contributed by atoms with Crippen LogP contribution in [-0.4, -0.2) is 45.1 Å². The first-order valence-electron chi connectivity index (χ1n) is 8.78. The number of nitrogens with one attached hydrogen (secondary N) is 1. The van der Waals surface area contributed by atoms with Crippen molar-refractivity contribution in [3.05, 3.63) is 52.9 Å². The number of hydrogen-bond donors (Lipinski definition) is 2. The number of aryl methyl sites for hydroxylation is 1. The fourth-order valence-electron chi connectivity index (χ4n) is 3.35. The fourth-order valence-corrected chi connectivity index (χ4v) is 3.35. The summed E-state index contributed by atoms with van der Waals surface area (Å²) in [6.45, 7) is 4.71. The fraction of sp³-hybridized carbons (Fsp3) is 0.368. The highest BCUT2D eigenvalue weighted by Crippen LogP contribution is 2.29. The molecule has 0 amide bonds. The Hall–Kier alpha value is -2.64. The van der Waals surface area contributed by atoms with E-state index in [0.29, 0.717) is 6.61 Å². The van der Waals surface area contributed by atoms with Gasteiger partial charge in [0, 0.05) is 48.9 Å². The van der Waals surface area contributed by atoms with E-state index < -0.39 is 0 Å². The van der Waals surface area contributed by atoms with Crippen LogP contribution in [0, 0.1) is 6.92 Å². The van der Waals surface area contributed by atoms with Gasteiger partial charge in [-0.2, -0.15) is 5.10 Å². The van der Waals surface area contributed by atoms with E-state index in [9.17, 15) is 0 Å². The van der Waals surface area contributed by atoms with Crippen LogP contribution in [0.4, 0.5) is 0 Å². The third kappa shape index (κ3) is 3.36. The van der Waals surface area contributed by atoms with E-state index in [1.807, 2.05) is 31.2 Å². The maximum atomic E-state index is 9.01. The van der Waals surface area contributed by atoms with Crippen LogP contribution in [0.3, 0.4) is 0 Å². The molecule has 136 valence electrons. The number of aromatic amines is 1. The molecular weight excluding hydrogens is 332 g/mol. The Kier molecular flexibility index (Phi) is 4.73. The Balaban J connectivity index is 1.53. The molecule has 0 fully saturated rings. The van der Waals surface area contributed by atoms with E-state index in [2.05, 4.69) is 26.3 Å². The van der Waals surface area contributed by atoms with Gasteiger partial charge < -0.3 is 14.4 Å². The smallest absolute Gasteiger partial charge is 0.134 e. The molecule has 1 aromatic carbocycles. The van der Waals surface area contributed by atoms with Crippen molar-refractivity contribution >= 4 is 0 Å². The molecule has 7 nitrogen and oxygen atoms in total. The molecular formula is C19H22N4O3. The summed E-state index contributed by atoms with van der Waals surface area (Å²) < 4.78 is 10.9. The van der Waals surface area contributed by atoms with Crippen LogP contribution in [0.2, 0.25) is 0 Å². The topological polar surface area (TPSA) is 87.4 Å². The summed E-state index contributed by atoms with van der Waals surface area (Å²) in [6, 6.07) is 9.89. The Bertz CT molecular complexity index is 887. The molecule has 4 rings (SSSR count). The number of rotatable bonds is 6. The number of nitrogens with zero attached hydrogens (tertiary/aromatic N) is 3. The number of aromatic nitrogens is 3. The van der Waals surface area contributed by atoms with Crippen LogP contribution < -0.4 is 4.74 Å². The number of aliphatic hydroxyl groups excluding tert-OH is 1. The van der Waals surface area contributed by atoms with Crippen LogP contribution in [0.25, 0.3) is 11.4 Å². The largest absolute Gasteiger partial charge is 0.491 e. The van der Waals surface area contributed by atoms with Crippen molar-refractivity contribution in [1.82, 2.24) is 20.3 Å². The van der Waals surface area contributed by atoms with Crippen molar-refractivity contribution in [2.45, 2.75) is 26.4 Å². The van der Waals surface area contributed by atoms with Gasteiger partial charge in [0.2, 0.25) is 0 Å². The summed E-state index contributed by atoms with van der Waals surface area (Å²) in [6.07, 6.45) is 0.916. The summed E-state index contributed by atoms with van der Waals surface area (Å²) in [5.74, 6) is 1.60. The van der Waals surface area contributed by atoms with Crippen LogP contribution in [0.5, 0.6) is 5.75 Å². The normalized spacial score (nSPS) is 14.4. The van der Waals surface area contributed by atoms with E-state index >= 15 is 0 Å². The molecule has 0 unspecified atom stereocenters. The lowest BCUT2D eigenvalue weighted by Crippen LogP contribution is -2.30. The summed E-state index contributed by atoms with van der Waals surface area (Å²) >= 11 is 0. The van der Waals surface area contributed by atoms with Crippen molar-refractivity contribution in [2.75, 3.05) is 19.8 Å². The number of para-hydroxylation sites is 1. The molecule has 0 spiro atoms. The first-order chi connectivity index (χ1) is 12.7. The van der Waals surface area contributed by atoms with E-state index in [4.69, 9.17) is 14.4 Å². The Labute approximate surface area is 151 Å². The van der Waals surface area contributed by atoms with Gasteiger partial charge in [0.1, 0.15) is 29.5 Å². The molecule has 0 aliphatic carbocycles. The van der Waals surface area contributed by atoms with E-state index in [0.717, 1.165) is 54.5 Å². The highest BCUT2D eigenvalue weighted by Gasteiger charge is 2.24. The third-order valence-corrected chi connectivity index (χ3v) is 4.60. The van der Waals surface area contributed by atoms with Crippen LogP contribution >= 0.6 is 0 Å². The zero-order valence-electron chi connectivity index (χ0n) is 14.7. The maximum absolute atomic E-state index is 9.01. The predicted molar refractivity (Wildman–Crippen MR) is 95.7 cm³/mol. The minimum Gasteiger partial charge on any atom is -0.491 e. The number of benzene rings is 1. The zero-order valence-corrected chi connectivity index (χ0v) is 14.7. The standard InChI is InChI=1S/C19H22N4O3/c1-13-10-17(22-26-13)19-15-12-23(7-6-16(15)20-21-19)11-14-4-2-3-5-18(14)25-9-8-24/h2-5,10,24H,6-9,11-12H2,1H3,(H,20,21). The number of ether oxygens (including phenoxy) is 1. The van der Waals surface area contributed by atoms with Gasteiger partial charge in [0.25, 0.3) is 0 Å². The first kappa shape index (κ1) is 16.8. The lowest BCUT2D eigenvalue weighted by atomic mass is 10.0. The second kappa shape index (κ2) is 7.31. The van der Waals surface area contributed by atoms with Gasteiger partial charge in [-0.1, -0.05) is 23.4 Å². The average molecular weight is 354 g/mol. The molecule has 0 saturated carbocycles. The van der Waals surface area contributed by atoms with Gasteiger partial charge in [-0.15, -0.1) is 0 Å². The highest BCUT2D eigenvalue weighted by atomic mass is 16.5. The lowest BCUT2D eigenvalue weighted by Gasteiger charge is -2.27. The van der Waals surface area contributed by atoms with Gasteiger partial charge in [-0.05, 0) is 13.0 Å². The average Bonchev–Trinajstić information content (AvgIpc) is 3.26. The minimum absolute atomic E-state index is 0.0108. The molecule has 2 aromatic heterocycles. The van der Waals surface area contributed by atoms with E-state index in [1.54, 1.807) is 0 Å². The Morgan fingerprint density at radius 1 is 1.35 bits per heavy atom. The SMILES string of the molecule is Cc1cc(-c2n[nH]c3c2CN(Cc2ccccc2OCCO)CC3)no1. The summed E-state index contributed by atoms with van der Waals surface area (Å²) in [5, 5.41) is 20.7. The van der Waals surface area contributed by atoms with Crippen molar-refractivity contribution in [2.24, 2.45) is 0 Å². The molecule has 0 bridgehead atoms. The Morgan fingerprint density at radius 3 is 3.04 bits per heavy atom. The minimum atomic E-state index is 0.0108. The van der Waals surface area contributed by atoms with Crippen molar-refractivity contribution in [3.63, 3.8) is 0 Å². The van der Waals surface area contributed by atoms with Crippen LogP contribution in [-0.2, 0) is 19.5 Å². The molecule has 7 heteroatoms. The van der Waals surface area contributed by atoms with Crippen LogP contribution in [0.1, 0.15) is 22.6 Å². The lowest BCUT2D eigenvalue weighted by molar-refractivity contribution is 0.195.